The summed E-state index contributed by atoms with van der Waals surface area (Å²) in [5.74, 6) is 3.20. The first kappa shape index (κ1) is 22.6. The molecule has 2 heterocycles. The van der Waals surface area contributed by atoms with Gasteiger partial charge in [-0.1, -0.05) is 36.4 Å². The summed E-state index contributed by atoms with van der Waals surface area (Å²) < 4.78 is 23.8. The topological polar surface area (TPSA) is 52.7 Å². The average molecular weight is 480 g/mol. The van der Waals surface area contributed by atoms with Crippen LogP contribution in [0.25, 0.3) is 0 Å². The lowest BCUT2D eigenvalue weighted by atomic mass is 9.75. The second-order valence-corrected chi connectivity index (χ2v) is 11.9. The highest BCUT2D eigenvalue weighted by molar-refractivity contribution is 7.70. The molecule has 2 aromatic rings. The minimum atomic E-state index is -2.46. The Labute approximate surface area is 205 Å². The number of piperidine rings is 1. The van der Waals surface area contributed by atoms with E-state index in [1.165, 1.54) is 43.6 Å². The highest BCUT2D eigenvalue weighted by Crippen LogP contribution is 2.49. The van der Waals surface area contributed by atoms with Gasteiger partial charge in [0.1, 0.15) is 0 Å². The highest BCUT2D eigenvalue weighted by atomic mass is 32.2. The predicted molar refractivity (Wildman–Crippen MR) is 138 cm³/mol. The number of hydrogen-bond donors (Lipinski definition) is 2. The molecule has 6 heteroatoms. The van der Waals surface area contributed by atoms with Gasteiger partial charge in [-0.15, -0.1) is 0 Å². The van der Waals surface area contributed by atoms with Crippen molar-refractivity contribution in [3.63, 3.8) is 0 Å². The average Bonchev–Trinajstić information content (AvgIpc) is 3.43. The van der Waals surface area contributed by atoms with Crippen LogP contribution in [0.2, 0.25) is 0 Å². The molecule has 34 heavy (non-hydrogen) atoms. The Morgan fingerprint density at radius 2 is 1.76 bits per heavy atom. The van der Waals surface area contributed by atoms with E-state index in [-0.39, 0.29) is 0 Å². The standard InChI is InChI=1S/C28H37N3O2S/c32-34(33)29-12-4-7-21-16-30(17-21)25-10-8-22-9-11-28(31-18-23-14-24(23)19-31)27(26(22)15-25)13-20-5-2-1-3-6-20/h1-3,5-6,8,10,15,21,23-24,27-28,34H,4,7,9,11-14,16-19H2,(H,29,32,33)/t23?,24?,27-,28+/m1/s1. The van der Waals surface area contributed by atoms with E-state index in [4.69, 9.17) is 0 Å². The van der Waals surface area contributed by atoms with Gasteiger partial charge >= 0.3 is 0 Å². The minimum Gasteiger partial charge on any atom is -0.371 e. The largest absolute Gasteiger partial charge is 0.371 e. The first-order valence-electron chi connectivity index (χ1n) is 13.2. The number of fused-ring (bicyclic) bond motifs is 2. The van der Waals surface area contributed by atoms with E-state index in [0.717, 1.165) is 44.2 Å². The molecule has 2 aliphatic heterocycles. The Kier molecular flexibility index (Phi) is 6.39. The van der Waals surface area contributed by atoms with Crippen molar-refractivity contribution in [2.24, 2.45) is 17.8 Å². The van der Waals surface area contributed by atoms with E-state index in [9.17, 15) is 8.42 Å². The third-order valence-electron chi connectivity index (χ3n) is 8.83. The summed E-state index contributed by atoms with van der Waals surface area (Å²) in [5, 5.41) is 0. The van der Waals surface area contributed by atoms with Gasteiger partial charge in [-0.2, -0.15) is 0 Å². The SMILES string of the molecule is O=[SH](=O)NCCCC1CN(c2ccc3c(c2)[C@@H](Cc2ccccc2)[C@@H](N2CC4CC4C2)CC3)C1. The monoisotopic (exact) mass is 479 g/mol. The van der Waals surface area contributed by atoms with Crippen LogP contribution in [-0.2, 0) is 23.7 Å². The van der Waals surface area contributed by atoms with E-state index >= 15 is 0 Å². The fourth-order valence-corrected chi connectivity index (χ4v) is 7.19. The molecule has 1 N–H and O–H groups in total. The molecule has 1 saturated carbocycles. The number of nitrogens with zero attached hydrogens (tertiary/aromatic N) is 2. The Morgan fingerprint density at radius 1 is 0.971 bits per heavy atom. The lowest BCUT2D eigenvalue weighted by Gasteiger charge is -2.43. The van der Waals surface area contributed by atoms with Crippen LogP contribution >= 0.6 is 0 Å². The van der Waals surface area contributed by atoms with Gasteiger partial charge < -0.3 is 4.90 Å². The zero-order valence-corrected chi connectivity index (χ0v) is 20.8. The number of nitrogens with one attached hydrogen (secondary N) is 1. The molecule has 5 nitrogen and oxygen atoms in total. The molecule has 0 aromatic heterocycles. The van der Waals surface area contributed by atoms with E-state index in [1.54, 1.807) is 11.1 Å². The molecule has 0 spiro atoms. The molecule has 182 valence electrons. The fourth-order valence-electron chi connectivity index (χ4n) is 6.84. The van der Waals surface area contributed by atoms with Gasteiger partial charge in [-0.3, -0.25) is 4.90 Å². The molecule has 2 saturated heterocycles. The maximum absolute atomic E-state index is 10.7. The van der Waals surface area contributed by atoms with E-state index in [1.807, 2.05) is 0 Å². The van der Waals surface area contributed by atoms with E-state index < -0.39 is 10.9 Å². The second-order valence-electron chi connectivity index (χ2n) is 11.1. The molecule has 2 aromatic carbocycles. The zero-order chi connectivity index (χ0) is 23.1. The summed E-state index contributed by atoms with van der Waals surface area (Å²) in [7, 11) is -2.46. The molecule has 0 amide bonds. The second kappa shape index (κ2) is 9.63. The Hall–Kier alpha value is -1.89. The summed E-state index contributed by atoms with van der Waals surface area (Å²) in [6, 6.07) is 19.0. The van der Waals surface area contributed by atoms with Crippen LogP contribution in [0.4, 0.5) is 5.69 Å². The molecule has 2 unspecified atom stereocenters. The number of rotatable bonds is 9. The number of likely N-dealkylation sites (tertiary alicyclic amines) is 1. The van der Waals surface area contributed by atoms with Crippen molar-refractivity contribution >= 4 is 16.6 Å². The number of thiol groups is 1. The van der Waals surface area contributed by atoms with Gasteiger partial charge in [-0.05, 0) is 85.1 Å². The van der Waals surface area contributed by atoms with Crippen LogP contribution in [-0.4, -0.2) is 52.1 Å². The first-order chi connectivity index (χ1) is 16.6. The van der Waals surface area contributed by atoms with Crippen LogP contribution in [0.15, 0.2) is 48.5 Å². The van der Waals surface area contributed by atoms with Crippen molar-refractivity contribution in [2.45, 2.75) is 50.5 Å². The summed E-state index contributed by atoms with van der Waals surface area (Å²) in [6.45, 7) is 5.38. The van der Waals surface area contributed by atoms with Crippen LogP contribution in [0.5, 0.6) is 0 Å². The Morgan fingerprint density at radius 3 is 2.53 bits per heavy atom. The van der Waals surface area contributed by atoms with E-state index in [0.29, 0.717) is 24.4 Å². The van der Waals surface area contributed by atoms with Crippen molar-refractivity contribution in [3.8, 4) is 0 Å². The summed E-state index contributed by atoms with van der Waals surface area (Å²) in [4.78, 5) is 5.35. The maximum Gasteiger partial charge on any atom is 0.201 e. The predicted octanol–water partition coefficient (Wildman–Crippen LogP) is 3.61. The normalized spacial score (nSPS) is 28.6. The van der Waals surface area contributed by atoms with Crippen molar-refractivity contribution < 1.29 is 8.42 Å². The van der Waals surface area contributed by atoms with Gasteiger partial charge in [0.15, 0.2) is 0 Å². The number of hydrogen-bond acceptors (Lipinski definition) is 4. The van der Waals surface area contributed by atoms with Crippen molar-refractivity contribution in [2.75, 3.05) is 37.6 Å². The van der Waals surface area contributed by atoms with Crippen molar-refractivity contribution in [1.29, 1.82) is 0 Å². The molecule has 6 rings (SSSR count). The Balaban J connectivity index is 1.17. The number of aryl methyl sites for hydroxylation is 1. The van der Waals surface area contributed by atoms with Crippen LogP contribution < -0.4 is 9.62 Å². The lowest BCUT2D eigenvalue weighted by Crippen LogP contribution is -2.47. The zero-order valence-electron chi connectivity index (χ0n) is 19.9. The lowest BCUT2D eigenvalue weighted by molar-refractivity contribution is 0.171. The molecule has 4 aliphatic rings. The summed E-state index contributed by atoms with van der Waals surface area (Å²) in [6.07, 6.45) is 7.10. The van der Waals surface area contributed by atoms with Crippen LogP contribution in [0.1, 0.15) is 48.3 Å². The molecule has 0 bridgehead atoms. The molecule has 3 fully saturated rings. The highest BCUT2D eigenvalue weighted by Gasteiger charge is 2.48. The van der Waals surface area contributed by atoms with Gasteiger partial charge in [0.25, 0.3) is 0 Å². The quantitative estimate of drug-likeness (QED) is 0.426. The fraction of sp³-hybridized carbons (Fsp3) is 0.571. The molecule has 2 aliphatic carbocycles. The summed E-state index contributed by atoms with van der Waals surface area (Å²) >= 11 is 0. The molecule has 0 radical (unpaired) electrons. The Bertz CT molecular complexity index is 1060. The summed E-state index contributed by atoms with van der Waals surface area (Å²) in [5.41, 5.74) is 5.97. The van der Waals surface area contributed by atoms with Gasteiger partial charge in [0.2, 0.25) is 10.9 Å². The molecule has 4 atom stereocenters. The van der Waals surface area contributed by atoms with Crippen LogP contribution in [0.3, 0.4) is 0 Å². The van der Waals surface area contributed by atoms with Crippen molar-refractivity contribution in [1.82, 2.24) is 9.62 Å². The van der Waals surface area contributed by atoms with Gasteiger partial charge in [0, 0.05) is 50.4 Å². The van der Waals surface area contributed by atoms with Crippen molar-refractivity contribution in [3.05, 3.63) is 65.2 Å². The number of benzene rings is 2. The first-order valence-corrected chi connectivity index (χ1v) is 14.4. The van der Waals surface area contributed by atoms with Crippen LogP contribution in [0, 0.1) is 17.8 Å². The molecular formula is C28H37N3O2S. The van der Waals surface area contributed by atoms with E-state index in [2.05, 4.69) is 63.1 Å². The smallest absolute Gasteiger partial charge is 0.201 e. The third-order valence-corrected chi connectivity index (χ3v) is 9.31. The number of anilines is 1. The molecular weight excluding hydrogens is 442 g/mol. The third kappa shape index (κ3) is 4.77. The maximum atomic E-state index is 10.7. The van der Waals surface area contributed by atoms with Gasteiger partial charge in [-0.25, -0.2) is 13.1 Å². The minimum absolute atomic E-state index is 0.564. The van der Waals surface area contributed by atoms with Gasteiger partial charge in [0.05, 0.1) is 0 Å².